The maximum Gasteiger partial charge on any atom is 0.272 e. The molecular formula is C28H26F2N4O4S. The van der Waals surface area contributed by atoms with Gasteiger partial charge in [0.25, 0.3) is 11.8 Å². The van der Waals surface area contributed by atoms with Gasteiger partial charge in [0.2, 0.25) is 10.0 Å². The largest absolute Gasteiger partial charge is 0.350 e. The number of halogens is 2. The Morgan fingerprint density at radius 3 is 2.33 bits per heavy atom. The van der Waals surface area contributed by atoms with Gasteiger partial charge in [-0.1, -0.05) is 18.2 Å². The summed E-state index contributed by atoms with van der Waals surface area (Å²) in [6.07, 6.45) is 3.82. The van der Waals surface area contributed by atoms with Crippen molar-refractivity contribution in [3.05, 3.63) is 83.6 Å². The van der Waals surface area contributed by atoms with Crippen LogP contribution in [0.4, 0.5) is 20.2 Å². The average Bonchev–Trinajstić information content (AvgIpc) is 3.33. The minimum Gasteiger partial charge on any atom is -0.350 e. The van der Waals surface area contributed by atoms with E-state index >= 15 is 4.39 Å². The summed E-state index contributed by atoms with van der Waals surface area (Å²) in [6, 6.07) is 14.2. The standard InChI is InChI=1S/C28H26F2N4O4S/c1-39(37,38)33-21-10-7-18-14-25(31-23(18)16-21)27(35)32-24-15-19(28(36)34-11-3-2-4-12-34)13-22(26(24)30)17-5-8-20(29)9-6-17/h5-10,13-16,31,33H,2-4,11-12H2,1H3,(H,32,35). The van der Waals surface area contributed by atoms with Crippen LogP contribution in [0, 0.1) is 11.6 Å². The van der Waals surface area contributed by atoms with Gasteiger partial charge in [0.15, 0.2) is 5.82 Å². The van der Waals surface area contributed by atoms with Gasteiger partial charge in [0, 0.05) is 35.1 Å². The summed E-state index contributed by atoms with van der Waals surface area (Å²) in [4.78, 5) is 31.1. The molecule has 11 heteroatoms. The molecule has 0 atom stereocenters. The van der Waals surface area contributed by atoms with E-state index in [0.29, 0.717) is 35.2 Å². The molecule has 1 aliphatic heterocycles. The number of anilines is 2. The highest BCUT2D eigenvalue weighted by Crippen LogP contribution is 2.31. The molecule has 1 fully saturated rings. The molecule has 1 saturated heterocycles. The monoisotopic (exact) mass is 552 g/mol. The number of hydrogen-bond donors (Lipinski definition) is 3. The molecule has 2 heterocycles. The van der Waals surface area contributed by atoms with Crippen LogP contribution < -0.4 is 10.0 Å². The predicted molar refractivity (Wildman–Crippen MR) is 146 cm³/mol. The van der Waals surface area contributed by atoms with E-state index in [2.05, 4.69) is 15.0 Å². The van der Waals surface area contributed by atoms with Gasteiger partial charge in [0.1, 0.15) is 11.5 Å². The van der Waals surface area contributed by atoms with Crippen LogP contribution in [-0.4, -0.2) is 49.5 Å². The molecule has 8 nitrogen and oxygen atoms in total. The van der Waals surface area contributed by atoms with E-state index in [1.807, 2.05) is 0 Å². The molecule has 202 valence electrons. The topological polar surface area (TPSA) is 111 Å². The maximum absolute atomic E-state index is 15.7. The summed E-state index contributed by atoms with van der Waals surface area (Å²) in [5, 5.41) is 3.20. The summed E-state index contributed by atoms with van der Waals surface area (Å²) < 4.78 is 54.7. The Hall–Kier alpha value is -4.25. The van der Waals surface area contributed by atoms with Crippen molar-refractivity contribution < 1.29 is 26.8 Å². The number of carbonyl (C=O) groups excluding carboxylic acids is 2. The van der Waals surface area contributed by atoms with Gasteiger partial charge >= 0.3 is 0 Å². The molecule has 0 spiro atoms. The van der Waals surface area contributed by atoms with Crippen LogP contribution in [0.3, 0.4) is 0 Å². The number of amides is 2. The van der Waals surface area contributed by atoms with Gasteiger partial charge < -0.3 is 15.2 Å². The van der Waals surface area contributed by atoms with Crippen LogP contribution in [0.5, 0.6) is 0 Å². The molecule has 2 amide bonds. The van der Waals surface area contributed by atoms with Crippen LogP contribution in [0.2, 0.25) is 0 Å². The molecule has 0 unspecified atom stereocenters. The average molecular weight is 553 g/mol. The van der Waals surface area contributed by atoms with Crippen molar-refractivity contribution in [1.29, 1.82) is 0 Å². The van der Waals surface area contributed by atoms with Gasteiger partial charge in [-0.2, -0.15) is 0 Å². The van der Waals surface area contributed by atoms with Gasteiger partial charge in [-0.05, 0) is 67.3 Å². The lowest BCUT2D eigenvalue weighted by Gasteiger charge is -2.27. The molecule has 39 heavy (non-hydrogen) atoms. The fourth-order valence-electron chi connectivity index (χ4n) is 4.67. The number of aromatic amines is 1. The van der Waals surface area contributed by atoms with Gasteiger partial charge in [0.05, 0.1) is 17.6 Å². The fourth-order valence-corrected chi connectivity index (χ4v) is 5.23. The molecule has 3 N–H and O–H groups in total. The quantitative estimate of drug-likeness (QED) is 0.299. The zero-order valence-electron chi connectivity index (χ0n) is 21.1. The van der Waals surface area contributed by atoms with E-state index in [9.17, 15) is 22.4 Å². The van der Waals surface area contributed by atoms with Crippen molar-refractivity contribution in [3.63, 3.8) is 0 Å². The Bertz CT molecular complexity index is 1680. The molecule has 1 aromatic heterocycles. The predicted octanol–water partition coefficient (Wildman–Crippen LogP) is 5.36. The van der Waals surface area contributed by atoms with E-state index in [-0.39, 0.29) is 28.4 Å². The van der Waals surface area contributed by atoms with Crippen LogP contribution in [0.25, 0.3) is 22.0 Å². The first-order valence-corrected chi connectivity index (χ1v) is 14.3. The number of piperidine rings is 1. The summed E-state index contributed by atoms with van der Waals surface area (Å²) in [5.41, 5.74) is 1.35. The second-order valence-electron chi connectivity index (χ2n) is 9.56. The van der Waals surface area contributed by atoms with Crippen molar-refractivity contribution >= 4 is 44.1 Å². The number of nitrogens with one attached hydrogen (secondary N) is 3. The van der Waals surface area contributed by atoms with Crippen molar-refractivity contribution in [3.8, 4) is 11.1 Å². The zero-order valence-corrected chi connectivity index (χ0v) is 21.9. The number of aromatic nitrogens is 1. The van der Waals surface area contributed by atoms with Gasteiger partial charge in [-0.25, -0.2) is 17.2 Å². The van der Waals surface area contributed by atoms with Crippen molar-refractivity contribution in [1.82, 2.24) is 9.88 Å². The number of sulfonamides is 1. The molecular weight excluding hydrogens is 526 g/mol. The Balaban J connectivity index is 1.49. The minimum atomic E-state index is -3.49. The zero-order chi connectivity index (χ0) is 27.7. The van der Waals surface area contributed by atoms with Crippen LogP contribution in [0.15, 0.2) is 60.7 Å². The molecule has 0 bridgehead atoms. The summed E-state index contributed by atoms with van der Waals surface area (Å²) >= 11 is 0. The minimum absolute atomic E-state index is 0.0568. The van der Waals surface area contributed by atoms with E-state index in [4.69, 9.17) is 0 Å². The van der Waals surface area contributed by atoms with Crippen LogP contribution in [0.1, 0.15) is 40.1 Å². The lowest BCUT2D eigenvalue weighted by molar-refractivity contribution is 0.0724. The fraction of sp³-hybridized carbons (Fsp3) is 0.214. The third-order valence-electron chi connectivity index (χ3n) is 6.54. The van der Waals surface area contributed by atoms with Crippen molar-refractivity contribution in [2.75, 3.05) is 29.4 Å². The number of nitrogens with zero attached hydrogens (tertiary/aromatic N) is 1. The molecule has 0 saturated carbocycles. The molecule has 0 radical (unpaired) electrons. The lowest BCUT2D eigenvalue weighted by atomic mass is 9.99. The Morgan fingerprint density at radius 1 is 0.923 bits per heavy atom. The van der Waals surface area contributed by atoms with Crippen molar-refractivity contribution in [2.24, 2.45) is 0 Å². The van der Waals surface area contributed by atoms with E-state index in [0.717, 1.165) is 25.5 Å². The number of benzene rings is 3. The van der Waals surface area contributed by atoms with E-state index in [1.165, 1.54) is 42.5 Å². The highest BCUT2D eigenvalue weighted by atomic mass is 32.2. The normalized spacial score (nSPS) is 13.9. The first kappa shape index (κ1) is 26.4. The maximum atomic E-state index is 15.7. The Labute approximate surface area is 224 Å². The van der Waals surface area contributed by atoms with Crippen LogP contribution >= 0.6 is 0 Å². The van der Waals surface area contributed by atoms with E-state index in [1.54, 1.807) is 23.1 Å². The number of likely N-dealkylation sites (tertiary alicyclic amines) is 1. The SMILES string of the molecule is CS(=O)(=O)Nc1ccc2cc(C(=O)Nc3cc(C(=O)N4CCCCC4)cc(-c4ccc(F)cc4)c3F)[nH]c2c1. The van der Waals surface area contributed by atoms with E-state index < -0.39 is 27.6 Å². The molecule has 4 aromatic rings. The first-order valence-electron chi connectivity index (χ1n) is 12.4. The number of H-pyrrole nitrogens is 1. The summed E-state index contributed by atoms with van der Waals surface area (Å²) in [5.74, 6) is -2.18. The summed E-state index contributed by atoms with van der Waals surface area (Å²) in [7, 11) is -3.49. The number of rotatable bonds is 6. The number of fused-ring (bicyclic) bond motifs is 1. The highest BCUT2D eigenvalue weighted by molar-refractivity contribution is 7.92. The highest BCUT2D eigenvalue weighted by Gasteiger charge is 2.23. The third-order valence-corrected chi connectivity index (χ3v) is 7.14. The molecule has 3 aromatic carbocycles. The van der Waals surface area contributed by atoms with Gasteiger partial charge in [-0.15, -0.1) is 0 Å². The second-order valence-corrected chi connectivity index (χ2v) is 11.3. The smallest absolute Gasteiger partial charge is 0.272 e. The first-order chi connectivity index (χ1) is 18.6. The van der Waals surface area contributed by atoms with Crippen LogP contribution in [-0.2, 0) is 10.0 Å². The Kier molecular flexibility index (Phi) is 7.09. The summed E-state index contributed by atoms with van der Waals surface area (Å²) in [6.45, 7) is 1.18. The Morgan fingerprint density at radius 2 is 1.64 bits per heavy atom. The number of carbonyl (C=O) groups is 2. The molecule has 1 aliphatic rings. The molecule has 5 rings (SSSR count). The number of hydrogen-bond acceptors (Lipinski definition) is 4. The van der Waals surface area contributed by atoms with Gasteiger partial charge in [-0.3, -0.25) is 14.3 Å². The van der Waals surface area contributed by atoms with Crippen molar-refractivity contribution in [2.45, 2.75) is 19.3 Å². The molecule has 0 aliphatic carbocycles. The lowest BCUT2D eigenvalue weighted by Crippen LogP contribution is -2.35. The third kappa shape index (κ3) is 5.93. The second kappa shape index (κ2) is 10.5.